The van der Waals surface area contributed by atoms with Crippen LogP contribution in [0.5, 0.6) is 0 Å². The van der Waals surface area contributed by atoms with E-state index in [9.17, 15) is 13.2 Å². The van der Waals surface area contributed by atoms with E-state index in [0.717, 1.165) is 24.8 Å². The third-order valence-electron chi connectivity index (χ3n) is 4.48. The minimum atomic E-state index is -3.63. The number of halogens is 2. The number of piperidine rings is 1. The number of rotatable bonds is 5. The maximum atomic E-state index is 12.8. The maximum absolute atomic E-state index is 12.8. The minimum absolute atomic E-state index is 0.0849. The standard InChI is InChI=1S/C19H20Cl2N2O3S/c20-15-6-4-5-14(11-15)13-22-19(24)17-12-16(7-8-18(17)21)27(25,26)23-9-2-1-3-10-23/h4-8,11-12H,1-3,9-10,13H2,(H,22,24). The summed E-state index contributed by atoms with van der Waals surface area (Å²) in [7, 11) is -3.63. The molecule has 3 rings (SSSR count). The fourth-order valence-electron chi connectivity index (χ4n) is 3.02. The van der Waals surface area contributed by atoms with Crippen LogP contribution in [0.25, 0.3) is 0 Å². The van der Waals surface area contributed by atoms with E-state index in [0.29, 0.717) is 18.1 Å². The number of hydrogen-bond acceptors (Lipinski definition) is 3. The van der Waals surface area contributed by atoms with Gasteiger partial charge in [-0.05, 0) is 48.7 Å². The molecule has 2 aromatic rings. The van der Waals surface area contributed by atoms with Gasteiger partial charge in [-0.2, -0.15) is 4.31 Å². The number of amides is 1. The van der Waals surface area contributed by atoms with Gasteiger partial charge in [0, 0.05) is 24.7 Å². The molecule has 1 heterocycles. The van der Waals surface area contributed by atoms with Crippen LogP contribution < -0.4 is 5.32 Å². The van der Waals surface area contributed by atoms with E-state index in [2.05, 4.69) is 5.32 Å². The summed E-state index contributed by atoms with van der Waals surface area (Å²) in [5, 5.41) is 3.53. The van der Waals surface area contributed by atoms with E-state index in [1.807, 2.05) is 6.07 Å². The number of hydrogen-bond donors (Lipinski definition) is 1. The first-order chi connectivity index (χ1) is 12.9. The van der Waals surface area contributed by atoms with Crippen LogP contribution in [-0.4, -0.2) is 31.7 Å². The molecule has 0 atom stereocenters. The first kappa shape index (κ1) is 20.1. The third-order valence-corrected chi connectivity index (χ3v) is 6.94. The Morgan fingerprint density at radius 3 is 2.48 bits per heavy atom. The first-order valence-corrected chi connectivity index (χ1v) is 10.9. The lowest BCUT2D eigenvalue weighted by molar-refractivity contribution is 0.0951. The highest BCUT2D eigenvalue weighted by molar-refractivity contribution is 7.89. The molecule has 1 amide bonds. The molecule has 0 saturated carbocycles. The van der Waals surface area contributed by atoms with Crippen LogP contribution in [0, 0.1) is 0 Å². The van der Waals surface area contributed by atoms with Gasteiger partial charge in [0.1, 0.15) is 0 Å². The van der Waals surface area contributed by atoms with E-state index in [1.54, 1.807) is 18.2 Å². The van der Waals surface area contributed by atoms with Crippen molar-refractivity contribution in [1.82, 2.24) is 9.62 Å². The van der Waals surface area contributed by atoms with Gasteiger partial charge in [0.25, 0.3) is 5.91 Å². The average molecular weight is 427 g/mol. The molecule has 0 spiro atoms. The Morgan fingerprint density at radius 2 is 1.78 bits per heavy atom. The second-order valence-electron chi connectivity index (χ2n) is 6.42. The fraction of sp³-hybridized carbons (Fsp3) is 0.316. The zero-order valence-electron chi connectivity index (χ0n) is 14.6. The lowest BCUT2D eigenvalue weighted by Gasteiger charge is -2.26. The lowest BCUT2D eigenvalue weighted by atomic mass is 10.2. The summed E-state index contributed by atoms with van der Waals surface area (Å²) >= 11 is 12.1. The first-order valence-electron chi connectivity index (χ1n) is 8.70. The Kier molecular flexibility index (Phi) is 6.42. The monoisotopic (exact) mass is 426 g/mol. The van der Waals surface area contributed by atoms with Gasteiger partial charge in [-0.15, -0.1) is 0 Å². The normalized spacial score (nSPS) is 15.5. The Bertz CT molecular complexity index is 942. The molecular weight excluding hydrogens is 407 g/mol. The van der Waals surface area contributed by atoms with Crippen molar-refractivity contribution in [3.8, 4) is 0 Å². The molecule has 8 heteroatoms. The van der Waals surface area contributed by atoms with Crippen molar-refractivity contribution in [3.05, 3.63) is 63.6 Å². The molecule has 144 valence electrons. The summed E-state index contributed by atoms with van der Waals surface area (Å²) in [6.07, 6.45) is 2.73. The van der Waals surface area contributed by atoms with Crippen LogP contribution in [0.1, 0.15) is 35.2 Å². The van der Waals surface area contributed by atoms with Gasteiger partial charge in [0.15, 0.2) is 0 Å². The van der Waals surface area contributed by atoms with Gasteiger partial charge >= 0.3 is 0 Å². The van der Waals surface area contributed by atoms with E-state index in [1.165, 1.54) is 22.5 Å². The predicted molar refractivity (Wildman–Crippen MR) is 107 cm³/mol. The van der Waals surface area contributed by atoms with Crippen molar-refractivity contribution in [1.29, 1.82) is 0 Å². The van der Waals surface area contributed by atoms with Crippen molar-refractivity contribution in [2.45, 2.75) is 30.7 Å². The molecule has 1 aliphatic rings. The topological polar surface area (TPSA) is 66.5 Å². The van der Waals surface area contributed by atoms with Crippen LogP contribution in [0.15, 0.2) is 47.4 Å². The molecular formula is C19H20Cl2N2O3S. The van der Waals surface area contributed by atoms with Gasteiger partial charge < -0.3 is 5.32 Å². The molecule has 0 aromatic heterocycles. The minimum Gasteiger partial charge on any atom is -0.348 e. The lowest BCUT2D eigenvalue weighted by Crippen LogP contribution is -2.35. The molecule has 0 radical (unpaired) electrons. The van der Waals surface area contributed by atoms with Gasteiger partial charge in [0.2, 0.25) is 10.0 Å². The summed E-state index contributed by atoms with van der Waals surface area (Å²) < 4.78 is 27.1. The quantitative estimate of drug-likeness (QED) is 0.782. The van der Waals surface area contributed by atoms with Crippen LogP contribution in [0.4, 0.5) is 0 Å². The smallest absolute Gasteiger partial charge is 0.253 e. The number of sulfonamides is 1. The average Bonchev–Trinajstić information content (AvgIpc) is 2.67. The number of carbonyl (C=O) groups is 1. The molecule has 27 heavy (non-hydrogen) atoms. The predicted octanol–water partition coefficient (Wildman–Crippen LogP) is 4.10. The van der Waals surface area contributed by atoms with Gasteiger partial charge in [-0.1, -0.05) is 41.8 Å². The van der Waals surface area contributed by atoms with Crippen molar-refractivity contribution < 1.29 is 13.2 Å². The zero-order valence-corrected chi connectivity index (χ0v) is 16.9. The number of carbonyl (C=O) groups excluding carboxylic acids is 1. The van der Waals surface area contributed by atoms with E-state index >= 15 is 0 Å². The summed E-state index contributed by atoms with van der Waals surface area (Å²) in [4.78, 5) is 12.6. The molecule has 1 N–H and O–H groups in total. The Morgan fingerprint density at radius 1 is 1.04 bits per heavy atom. The van der Waals surface area contributed by atoms with Crippen molar-refractivity contribution in [2.24, 2.45) is 0 Å². The Labute approximate surface area is 169 Å². The third kappa shape index (κ3) is 4.82. The summed E-state index contributed by atoms with van der Waals surface area (Å²) in [5.74, 6) is -0.435. The number of nitrogens with zero attached hydrogens (tertiary/aromatic N) is 1. The number of nitrogens with one attached hydrogen (secondary N) is 1. The highest BCUT2D eigenvalue weighted by Crippen LogP contribution is 2.25. The maximum Gasteiger partial charge on any atom is 0.253 e. The van der Waals surface area contributed by atoms with Crippen LogP contribution in [0.2, 0.25) is 10.0 Å². The fourth-order valence-corrected chi connectivity index (χ4v) is 4.98. The van der Waals surface area contributed by atoms with Crippen LogP contribution >= 0.6 is 23.2 Å². The molecule has 0 unspecified atom stereocenters. The molecule has 1 saturated heterocycles. The van der Waals surface area contributed by atoms with E-state index in [-0.39, 0.29) is 22.0 Å². The second kappa shape index (κ2) is 8.61. The van der Waals surface area contributed by atoms with Gasteiger partial charge in [-0.3, -0.25) is 4.79 Å². The van der Waals surface area contributed by atoms with Gasteiger partial charge in [0.05, 0.1) is 15.5 Å². The molecule has 1 aliphatic heterocycles. The van der Waals surface area contributed by atoms with Crippen LogP contribution in [0.3, 0.4) is 0 Å². The molecule has 2 aromatic carbocycles. The van der Waals surface area contributed by atoms with E-state index in [4.69, 9.17) is 23.2 Å². The molecule has 0 aliphatic carbocycles. The van der Waals surface area contributed by atoms with Crippen molar-refractivity contribution in [2.75, 3.05) is 13.1 Å². The van der Waals surface area contributed by atoms with Crippen LogP contribution in [-0.2, 0) is 16.6 Å². The Balaban J connectivity index is 1.79. The zero-order chi connectivity index (χ0) is 19.4. The highest BCUT2D eigenvalue weighted by Gasteiger charge is 2.27. The SMILES string of the molecule is O=C(NCc1cccc(Cl)c1)c1cc(S(=O)(=O)N2CCCCC2)ccc1Cl. The Hall–Kier alpha value is -1.60. The van der Waals surface area contributed by atoms with Crippen molar-refractivity contribution in [3.63, 3.8) is 0 Å². The van der Waals surface area contributed by atoms with Crippen molar-refractivity contribution >= 4 is 39.1 Å². The molecule has 0 bridgehead atoms. The number of benzene rings is 2. The summed E-state index contributed by atoms with van der Waals surface area (Å²) in [6.45, 7) is 1.27. The van der Waals surface area contributed by atoms with Gasteiger partial charge in [-0.25, -0.2) is 8.42 Å². The largest absolute Gasteiger partial charge is 0.348 e. The summed E-state index contributed by atoms with van der Waals surface area (Å²) in [6, 6.07) is 11.4. The van der Waals surface area contributed by atoms with E-state index < -0.39 is 15.9 Å². The summed E-state index contributed by atoms with van der Waals surface area (Å²) in [5.41, 5.74) is 0.973. The highest BCUT2D eigenvalue weighted by atomic mass is 35.5. The second-order valence-corrected chi connectivity index (χ2v) is 9.20. The molecule has 1 fully saturated rings. The molecule has 5 nitrogen and oxygen atoms in total.